The van der Waals surface area contributed by atoms with Gasteiger partial charge in [-0.1, -0.05) is 6.07 Å². The molecular weight excluding hydrogens is 288 g/mol. The maximum Gasteiger partial charge on any atom is 0.252 e. The van der Waals surface area contributed by atoms with E-state index in [-0.39, 0.29) is 17.4 Å². The molecule has 6 nitrogen and oxygen atoms in total. The number of likely N-dealkylation sites (N-methyl/N-ethyl adjacent to an activating group) is 1. The first-order valence-corrected chi connectivity index (χ1v) is 8.13. The molecule has 0 bridgehead atoms. The molecule has 0 saturated heterocycles. The Morgan fingerprint density at radius 3 is 2.74 bits per heavy atom. The van der Waals surface area contributed by atoms with Crippen LogP contribution in [0.2, 0.25) is 0 Å². The normalized spacial score (nSPS) is 17.4. The van der Waals surface area contributed by atoms with Crippen molar-refractivity contribution in [2.45, 2.75) is 22.6 Å². The molecule has 0 spiro atoms. The number of nitrogens with zero attached hydrogens (tertiary/aromatic N) is 1. The standard InChI is InChI=1S/C11H16N2O4S2/c1-13(19(16,17)10-3-2-6-18-10)7-9(15)12-11(8-14)4-5-11/h2-3,6,14H,4-5,7-8H2,1H3,(H,12,15). The molecule has 106 valence electrons. The van der Waals surface area contributed by atoms with Gasteiger partial charge in [-0.25, -0.2) is 8.42 Å². The van der Waals surface area contributed by atoms with E-state index in [1.807, 2.05) is 0 Å². The lowest BCUT2D eigenvalue weighted by Crippen LogP contribution is -2.45. The molecule has 0 atom stereocenters. The second kappa shape index (κ2) is 5.20. The van der Waals surface area contributed by atoms with Gasteiger partial charge in [0.25, 0.3) is 10.0 Å². The molecule has 1 aromatic heterocycles. The lowest BCUT2D eigenvalue weighted by molar-refractivity contribution is -0.122. The molecule has 1 amide bonds. The largest absolute Gasteiger partial charge is 0.394 e. The van der Waals surface area contributed by atoms with Crippen molar-refractivity contribution in [2.24, 2.45) is 0 Å². The second-order valence-electron chi connectivity index (χ2n) is 4.68. The molecule has 1 aromatic rings. The van der Waals surface area contributed by atoms with Crippen LogP contribution in [0.5, 0.6) is 0 Å². The van der Waals surface area contributed by atoms with Crippen LogP contribution in [0.25, 0.3) is 0 Å². The van der Waals surface area contributed by atoms with Crippen molar-refractivity contribution in [3.05, 3.63) is 17.5 Å². The van der Waals surface area contributed by atoms with E-state index in [0.717, 1.165) is 28.5 Å². The Labute approximate surface area is 116 Å². The zero-order chi connectivity index (χ0) is 14.1. The number of sulfonamides is 1. The summed E-state index contributed by atoms with van der Waals surface area (Å²) in [6, 6.07) is 3.15. The van der Waals surface area contributed by atoms with Gasteiger partial charge >= 0.3 is 0 Å². The number of rotatable bonds is 6. The van der Waals surface area contributed by atoms with Crippen LogP contribution in [0, 0.1) is 0 Å². The fraction of sp³-hybridized carbons (Fsp3) is 0.545. The zero-order valence-electron chi connectivity index (χ0n) is 10.5. The van der Waals surface area contributed by atoms with Gasteiger partial charge in [-0.15, -0.1) is 11.3 Å². The number of nitrogens with one attached hydrogen (secondary N) is 1. The van der Waals surface area contributed by atoms with E-state index in [1.54, 1.807) is 11.4 Å². The number of thiophene rings is 1. The smallest absolute Gasteiger partial charge is 0.252 e. The lowest BCUT2D eigenvalue weighted by atomic mass is 10.3. The van der Waals surface area contributed by atoms with Gasteiger partial charge in [0.1, 0.15) is 4.21 Å². The van der Waals surface area contributed by atoms with Gasteiger partial charge in [-0.2, -0.15) is 4.31 Å². The molecule has 2 N–H and O–H groups in total. The molecule has 0 radical (unpaired) electrons. The highest BCUT2D eigenvalue weighted by atomic mass is 32.2. The maximum atomic E-state index is 12.1. The third-order valence-electron chi connectivity index (χ3n) is 3.09. The molecule has 19 heavy (non-hydrogen) atoms. The second-order valence-corrected chi connectivity index (χ2v) is 7.90. The number of amides is 1. The van der Waals surface area contributed by atoms with Crippen LogP contribution in [0.1, 0.15) is 12.8 Å². The fourth-order valence-electron chi connectivity index (χ4n) is 1.66. The first kappa shape index (κ1) is 14.4. The summed E-state index contributed by atoms with van der Waals surface area (Å²) >= 11 is 1.11. The summed E-state index contributed by atoms with van der Waals surface area (Å²) in [6.07, 6.45) is 1.47. The van der Waals surface area contributed by atoms with Crippen LogP contribution in [-0.2, 0) is 14.8 Å². The van der Waals surface area contributed by atoms with Crippen molar-refractivity contribution < 1.29 is 18.3 Å². The minimum atomic E-state index is -3.60. The minimum absolute atomic E-state index is 0.111. The summed E-state index contributed by atoms with van der Waals surface area (Å²) in [5, 5.41) is 13.5. The number of aliphatic hydroxyl groups excluding tert-OH is 1. The molecule has 8 heteroatoms. The highest BCUT2D eigenvalue weighted by Crippen LogP contribution is 2.34. The Hall–Kier alpha value is -0.960. The van der Waals surface area contributed by atoms with Gasteiger partial charge in [0.15, 0.2) is 0 Å². The highest BCUT2D eigenvalue weighted by molar-refractivity contribution is 7.91. The molecule has 1 heterocycles. The zero-order valence-corrected chi connectivity index (χ0v) is 12.1. The topological polar surface area (TPSA) is 86.7 Å². The van der Waals surface area contributed by atoms with Crippen LogP contribution >= 0.6 is 11.3 Å². The fourth-order valence-corrected chi connectivity index (χ4v) is 3.99. The minimum Gasteiger partial charge on any atom is -0.394 e. The van der Waals surface area contributed by atoms with Crippen molar-refractivity contribution >= 4 is 27.3 Å². The monoisotopic (exact) mass is 304 g/mol. The quantitative estimate of drug-likeness (QED) is 0.775. The Bertz CT molecular complexity index is 549. The molecular formula is C11H16N2O4S2. The molecule has 1 fully saturated rings. The van der Waals surface area contributed by atoms with Crippen LogP contribution < -0.4 is 5.32 Å². The highest BCUT2D eigenvalue weighted by Gasteiger charge is 2.43. The SMILES string of the molecule is CN(CC(=O)NC1(CO)CC1)S(=O)(=O)c1cccs1. The summed E-state index contributed by atoms with van der Waals surface area (Å²) in [5.41, 5.74) is -0.523. The number of hydrogen-bond acceptors (Lipinski definition) is 5. The predicted octanol–water partition coefficient (Wildman–Crippen LogP) is 0.00970. The molecule has 2 rings (SSSR count). The van der Waals surface area contributed by atoms with Crippen molar-refractivity contribution in [3.8, 4) is 0 Å². The first-order chi connectivity index (χ1) is 8.89. The van der Waals surface area contributed by atoms with Crippen LogP contribution in [0.3, 0.4) is 0 Å². The van der Waals surface area contributed by atoms with Gasteiger partial charge in [0, 0.05) is 7.05 Å². The summed E-state index contributed by atoms with van der Waals surface area (Å²) in [5.74, 6) is -0.394. The van der Waals surface area contributed by atoms with E-state index in [9.17, 15) is 13.2 Å². The Morgan fingerprint density at radius 2 is 2.26 bits per heavy atom. The lowest BCUT2D eigenvalue weighted by Gasteiger charge is -2.19. The third kappa shape index (κ3) is 3.14. The Balaban J connectivity index is 1.97. The Morgan fingerprint density at radius 1 is 1.58 bits per heavy atom. The molecule has 1 aliphatic rings. The number of carbonyl (C=O) groups excluding carboxylic acids is 1. The predicted molar refractivity (Wildman–Crippen MR) is 71.3 cm³/mol. The van der Waals surface area contributed by atoms with Gasteiger partial charge in [-0.05, 0) is 24.3 Å². The average Bonchev–Trinajstić information content (AvgIpc) is 2.91. The van der Waals surface area contributed by atoms with Crippen LogP contribution in [0.15, 0.2) is 21.7 Å². The molecule has 0 aliphatic heterocycles. The van der Waals surface area contributed by atoms with Crippen LogP contribution in [-0.4, -0.2) is 49.5 Å². The van der Waals surface area contributed by atoms with Gasteiger partial charge in [0.05, 0.1) is 18.7 Å². The number of carbonyl (C=O) groups is 1. The summed E-state index contributed by atoms with van der Waals surface area (Å²) in [4.78, 5) is 11.8. The van der Waals surface area contributed by atoms with E-state index in [0.29, 0.717) is 0 Å². The average molecular weight is 304 g/mol. The number of aliphatic hydroxyl groups is 1. The summed E-state index contributed by atoms with van der Waals surface area (Å²) < 4.78 is 25.4. The molecule has 1 saturated carbocycles. The van der Waals surface area contributed by atoms with Gasteiger partial charge < -0.3 is 10.4 Å². The van der Waals surface area contributed by atoms with E-state index >= 15 is 0 Å². The Kier molecular flexibility index (Phi) is 3.95. The maximum absolute atomic E-state index is 12.1. The molecule has 1 aliphatic carbocycles. The van der Waals surface area contributed by atoms with E-state index in [4.69, 9.17) is 5.11 Å². The van der Waals surface area contributed by atoms with Crippen molar-refractivity contribution in [2.75, 3.05) is 20.2 Å². The van der Waals surface area contributed by atoms with E-state index in [2.05, 4.69) is 5.32 Å². The third-order valence-corrected chi connectivity index (χ3v) is 6.26. The van der Waals surface area contributed by atoms with Crippen molar-refractivity contribution in [1.82, 2.24) is 9.62 Å². The molecule has 0 aromatic carbocycles. The summed E-state index contributed by atoms with van der Waals surface area (Å²) in [6.45, 7) is -0.359. The van der Waals surface area contributed by atoms with Crippen molar-refractivity contribution in [1.29, 1.82) is 0 Å². The van der Waals surface area contributed by atoms with E-state index in [1.165, 1.54) is 13.1 Å². The first-order valence-electron chi connectivity index (χ1n) is 5.81. The molecule has 0 unspecified atom stereocenters. The van der Waals surface area contributed by atoms with Gasteiger partial charge in [-0.3, -0.25) is 4.79 Å². The van der Waals surface area contributed by atoms with Gasteiger partial charge in [0.2, 0.25) is 5.91 Å². The number of hydrogen-bond donors (Lipinski definition) is 2. The van der Waals surface area contributed by atoms with E-state index < -0.39 is 21.5 Å². The van der Waals surface area contributed by atoms with Crippen LogP contribution in [0.4, 0.5) is 0 Å². The van der Waals surface area contributed by atoms with Crippen molar-refractivity contribution in [3.63, 3.8) is 0 Å². The summed E-state index contributed by atoms with van der Waals surface area (Å²) in [7, 11) is -2.24.